The minimum absolute atomic E-state index is 0.0407. The molecule has 0 aliphatic carbocycles. The molecule has 1 fully saturated rings. The first-order valence-electron chi connectivity index (χ1n) is 12.0. The number of anilines is 4. The van der Waals surface area contributed by atoms with Gasteiger partial charge in [0.1, 0.15) is 11.8 Å². The maximum Gasteiger partial charge on any atom is 0.338 e. The van der Waals surface area contributed by atoms with E-state index in [4.69, 9.17) is 20.2 Å². The van der Waals surface area contributed by atoms with Gasteiger partial charge in [-0.15, -0.1) is 0 Å². The van der Waals surface area contributed by atoms with Gasteiger partial charge in [0, 0.05) is 18.1 Å². The molecule has 4 N–H and O–H groups in total. The van der Waals surface area contributed by atoms with Crippen molar-refractivity contribution in [1.29, 1.82) is 0 Å². The molecule has 1 aliphatic rings. The van der Waals surface area contributed by atoms with E-state index in [0.717, 1.165) is 28.3 Å². The van der Waals surface area contributed by atoms with Crippen LogP contribution in [0.1, 0.15) is 27.7 Å². The van der Waals surface area contributed by atoms with Gasteiger partial charge in [0.15, 0.2) is 6.23 Å². The smallest absolute Gasteiger partial charge is 0.338 e. The quantitative estimate of drug-likeness (QED) is 0.163. The van der Waals surface area contributed by atoms with Gasteiger partial charge in [-0.05, 0) is 55.0 Å². The highest BCUT2D eigenvalue weighted by Gasteiger charge is 2.40. The first kappa shape index (κ1) is 23.4. The molecular formula is C28H25N7O3. The number of carbonyl (C=O) groups excluding carboxylic acids is 1. The van der Waals surface area contributed by atoms with E-state index in [9.17, 15) is 4.79 Å². The first-order valence-corrected chi connectivity index (χ1v) is 12.0. The van der Waals surface area contributed by atoms with Gasteiger partial charge in [0.25, 0.3) is 0 Å². The van der Waals surface area contributed by atoms with Crippen molar-refractivity contribution in [2.24, 2.45) is 0 Å². The number of epoxide rings is 1. The number of nitrogens with two attached hydrogens (primary N) is 1. The average Bonchev–Trinajstić information content (AvgIpc) is 3.62. The van der Waals surface area contributed by atoms with Crippen LogP contribution in [0.4, 0.5) is 23.0 Å². The molecular weight excluding hydrogens is 482 g/mol. The molecule has 3 aromatic heterocycles. The van der Waals surface area contributed by atoms with Crippen LogP contribution in [0.25, 0.3) is 17.0 Å². The number of nitrogens with one attached hydrogen (secondary N) is 2. The number of nitrogen functional groups attached to an aromatic ring is 1. The van der Waals surface area contributed by atoms with E-state index in [1.165, 1.54) is 7.11 Å². The lowest BCUT2D eigenvalue weighted by molar-refractivity contribution is 0.0600. The number of esters is 1. The summed E-state index contributed by atoms with van der Waals surface area (Å²) in [6.07, 6.45) is 3.33. The van der Waals surface area contributed by atoms with Crippen LogP contribution in [0.5, 0.6) is 0 Å². The molecule has 1 aliphatic heterocycles. The van der Waals surface area contributed by atoms with Gasteiger partial charge in [-0.2, -0.15) is 0 Å². The van der Waals surface area contributed by atoms with Crippen LogP contribution in [0.15, 0.2) is 79.1 Å². The summed E-state index contributed by atoms with van der Waals surface area (Å²) in [6, 6.07) is 20.8. The SMILES string of the molecule is COC(=O)c1ccn2c(-c3ccnc(Nc4ccc(C5OC5Nc5ccccc5N)cc4)n3)c(C)nc2c1. The van der Waals surface area contributed by atoms with E-state index < -0.39 is 5.97 Å². The van der Waals surface area contributed by atoms with Crippen molar-refractivity contribution in [3.63, 3.8) is 0 Å². The van der Waals surface area contributed by atoms with Gasteiger partial charge in [-0.3, -0.25) is 4.40 Å². The maximum atomic E-state index is 11.9. The second kappa shape index (κ2) is 9.49. The molecule has 0 bridgehead atoms. The predicted octanol–water partition coefficient (Wildman–Crippen LogP) is 4.72. The number of nitrogens with zero attached hydrogens (tertiary/aromatic N) is 4. The fraction of sp³-hybridized carbons (Fsp3) is 0.143. The Hall–Kier alpha value is -4.96. The Kier molecular flexibility index (Phi) is 5.85. The molecule has 10 heteroatoms. The molecule has 2 aromatic carbocycles. The van der Waals surface area contributed by atoms with Gasteiger partial charge in [-0.25, -0.2) is 19.7 Å². The van der Waals surface area contributed by atoms with Crippen molar-refractivity contribution < 1.29 is 14.3 Å². The monoisotopic (exact) mass is 507 g/mol. The number of rotatable bonds is 7. The molecule has 5 aromatic rings. The van der Waals surface area contributed by atoms with Crippen molar-refractivity contribution in [1.82, 2.24) is 19.4 Å². The van der Waals surface area contributed by atoms with Crippen molar-refractivity contribution >= 4 is 34.6 Å². The van der Waals surface area contributed by atoms with Crippen LogP contribution in [0, 0.1) is 6.92 Å². The molecule has 0 spiro atoms. The number of hydrogen-bond donors (Lipinski definition) is 3. The van der Waals surface area contributed by atoms with Crippen molar-refractivity contribution in [2.45, 2.75) is 19.3 Å². The van der Waals surface area contributed by atoms with Crippen LogP contribution in [0.2, 0.25) is 0 Å². The molecule has 2 unspecified atom stereocenters. The van der Waals surface area contributed by atoms with Gasteiger partial charge in [0.05, 0.1) is 41.1 Å². The number of carbonyl (C=O) groups is 1. The molecule has 190 valence electrons. The topological polar surface area (TPSA) is 132 Å². The Morgan fingerprint density at radius 3 is 2.68 bits per heavy atom. The molecule has 6 rings (SSSR count). The summed E-state index contributed by atoms with van der Waals surface area (Å²) in [5.74, 6) is 0.0488. The second-order valence-electron chi connectivity index (χ2n) is 8.90. The number of fused-ring (bicyclic) bond motifs is 1. The number of pyridine rings is 1. The number of methoxy groups -OCH3 is 1. The molecule has 0 radical (unpaired) electrons. The lowest BCUT2D eigenvalue weighted by Crippen LogP contribution is -2.06. The van der Waals surface area contributed by atoms with Gasteiger partial charge < -0.3 is 25.8 Å². The normalized spacial score (nSPS) is 16.3. The molecule has 38 heavy (non-hydrogen) atoms. The number of ether oxygens (including phenoxy) is 2. The number of para-hydroxylation sites is 2. The van der Waals surface area contributed by atoms with Crippen LogP contribution in [0.3, 0.4) is 0 Å². The Bertz CT molecular complexity index is 1650. The van der Waals surface area contributed by atoms with Gasteiger partial charge >= 0.3 is 5.97 Å². The van der Waals surface area contributed by atoms with Crippen molar-refractivity contribution in [3.05, 3.63) is 95.9 Å². The van der Waals surface area contributed by atoms with E-state index in [1.807, 2.05) is 65.9 Å². The molecule has 0 saturated carbocycles. The number of aryl methyl sites for hydroxylation is 1. The number of hydrogen-bond acceptors (Lipinski definition) is 9. The third kappa shape index (κ3) is 4.48. The van der Waals surface area contributed by atoms with E-state index in [1.54, 1.807) is 24.5 Å². The lowest BCUT2D eigenvalue weighted by Gasteiger charge is -2.08. The van der Waals surface area contributed by atoms with Crippen molar-refractivity contribution in [3.8, 4) is 11.4 Å². The standard InChI is InChI=1S/C28H25N7O3/c1-16-24(35-14-12-18(27(36)37-2)15-23(35)31-16)22-11-13-30-28(34-22)32-19-9-7-17(8-10-19)25-26(38-25)33-21-6-4-3-5-20(21)29/h3-15,25-26,33H,29H2,1-2H3,(H,30,32,34). The number of imidazole rings is 1. The Labute approximate surface area is 218 Å². The van der Waals surface area contributed by atoms with Crippen molar-refractivity contribution in [2.75, 3.05) is 23.5 Å². The zero-order valence-electron chi connectivity index (χ0n) is 20.8. The van der Waals surface area contributed by atoms with Gasteiger partial charge in [0.2, 0.25) is 5.95 Å². The summed E-state index contributed by atoms with van der Waals surface area (Å²) in [6.45, 7) is 1.91. The molecule has 2 atom stereocenters. The van der Waals surface area contributed by atoms with Crippen LogP contribution < -0.4 is 16.4 Å². The Morgan fingerprint density at radius 2 is 1.89 bits per heavy atom. The Balaban J connectivity index is 1.17. The summed E-state index contributed by atoms with van der Waals surface area (Å²) >= 11 is 0. The molecule has 0 amide bonds. The third-order valence-electron chi connectivity index (χ3n) is 6.37. The fourth-order valence-electron chi connectivity index (χ4n) is 4.41. The molecule has 10 nitrogen and oxygen atoms in total. The highest BCUT2D eigenvalue weighted by Crippen LogP contribution is 2.40. The number of benzene rings is 2. The highest BCUT2D eigenvalue weighted by molar-refractivity contribution is 5.90. The van der Waals surface area contributed by atoms with Crippen LogP contribution >= 0.6 is 0 Å². The summed E-state index contributed by atoms with van der Waals surface area (Å²) in [5, 5.41) is 6.59. The summed E-state index contributed by atoms with van der Waals surface area (Å²) in [7, 11) is 1.36. The first-order chi connectivity index (χ1) is 18.5. The molecule has 4 heterocycles. The average molecular weight is 508 g/mol. The number of aromatic nitrogens is 4. The highest BCUT2D eigenvalue weighted by atomic mass is 16.6. The third-order valence-corrected chi connectivity index (χ3v) is 6.37. The molecule has 1 saturated heterocycles. The van der Waals surface area contributed by atoms with E-state index in [0.29, 0.717) is 28.5 Å². The largest absolute Gasteiger partial charge is 0.465 e. The second-order valence-corrected chi connectivity index (χ2v) is 8.90. The van der Waals surface area contributed by atoms with Gasteiger partial charge in [-0.1, -0.05) is 24.3 Å². The lowest BCUT2D eigenvalue weighted by atomic mass is 10.1. The predicted molar refractivity (Wildman–Crippen MR) is 144 cm³/mol. The summed E-state index contributed by atoms with van der Waals surface area (Å²) in [4.78, 5) is 25.6. The fourth-order valence-corrected chi connectivity index (χ4v) is 4.41. The van der Waals surface area contributed by atoms with E-state index >= 15 is 0 Å². The summed E-state index contributed by atoms with van der Waals surface area (Å²) < 4.78 is 12.5. The Morgan fingerprint density at radius 1 is 1.08 bits per heavy atom. The van der Waals surface area contributed by atoms with E-state index in [2.05, 4.69) is 20.6 Å². The summed E-state index contributed by atoms with van der Waals surface area (Å²) in [5.41, 5.74) is 12.9. The van der Waals surface area contributed by atoms with Crippen LogP contribution in [-0.2, 0) is 9.47 Å². The van der Waals surface area contributed by atoms with E-state index in [-0.39, 0.29) is 12.3 Å². The zero-order chi connectivity index (χ0) is 26.2. The maximum absolute atomic E-state index is 11.9. The van der Waals surface area contributed by atoms with Crippen LogP contribution in [-0.4, -0.2) is 38.7 Å². The zero-order valence-corrected chi connectivity index (χ0v) is 20.8. The minimum Gasteiger partial charge on any atom is -0.465 e. The minimum atomic E-state index is -0.407.